The Morgan fingerprint density at radius 3 is 1.98 bits per heavy atom. The quantitative estimate of drug-likeness (QED) is 0.0114. The number of aliphatic carboxylic acids is 2. The van der Waals surface area contributed by atoms with Crippen molar-refractivity contribution in [1.29, 1.82) is 0 Å². The van der Waals surface area contributed by atoms with Crippen LogP contribution in [0.4, 0.5) is 17.1 Å². The second-order valence-electron chi connectivity index (χ2n) is 28.3. The first kappa shape index (κ1) is 78.4. The van der Waals surface area contributed by atoms with Crippen LogP contribution in [0.5, 0.6) is 0 Å². The Morgan fingerprint density at radius 1 is 0.694 bits per heavy atom. The highest BCUT2D eigenvalue weighted by Crippen LogP contribution is 2.52. The first-order valence-electron chi connectivity index (χ1n) is 35.4. The summed E-state index contributed by atoms with van der Waals surface area (Å²) in [5.41, 5.74) is 8.85. The van der Waals surface area contributed by atoms with Crippen LogP contribution in [0.2, 0.25) is 0 Å². The number of hydrogen-bond donors (Lipinski definition) is 10. The average molecular weight is 1530 g/mol. The van der Waals surface area contributed by atoms with Crippen LogP contribution in [0, 0.1) is 0 Å². The topological polar surface area (TPSA) is 415 Å². The number of carboxylic acids is 2. The summed E-state index contributed by atoms with van der Waals surface area (Å²) in [4.78, 5) is 93.4. The minimum absolute atomic E-state index is 0.0220. The summed E-state index contributed by atoms with van der Waals surface area (Å²) in [6.45, 7) is 13.1. The molecule has 3 aliphatic rings. The smallest absolute Gasteiger partial charge is 0.326 e. The molecule has 566 valence electrons. The molecular weight excluding hydrogens is 1450 g/mol. The van der Waals surface area contributed by atoms with E-state index in [0.29, 0.717) is 58.9 Å². The van der Waals surface area contributed by atoms with E-state index in [1.165, 1.54) is 55.8 Å². The van der Waals surface area contributed by atoms with Gasteiger partial charge in [0.1, 0.15) is 18.6 Å². The number of carbonyl (C=O) groups is 5. The molecule has 0 saturated carbocycles. The van der Waals surface area contributed by atoms with Gasteiger partial charge in [0.05, 0.1) is 45.2 Å². The highest BCUT2D eigenvalue weighted by atomic mass is 32.2. The number of aromatic nitrogens is 4. The van der Waals surface area contributed by atoms with Crippen molar-refractivity contribution < 1.29 is 77.7 Å². The van der Waals surface area contributed by atoms with Gasteiger partial charge in [-0.2, -0.15) is 29.8 Å². The monoisotopic (exact) mass is 1530 g/mol. The summed E-state index contributed by atoms with van der Waals surface area (Å²) >= 11 is 0. The second-order valence-corrected chi connectivity index (χ2v) is 32.9. The average Bonchev–Trinajstić information content (AvgIpc) is 1.57. The molecule has 0 bridgehead atoms. The van der Waals surface area contributed by atoms with Crippen molar-refractivity contribution in [2.24, 2.45) is 0 Å². The van der Waals surface area contributed by atoms with Gasteiger partial charge in [-0.05, 0) is 200 Å². The van der Waals surface area contributed by atoms with Crippen LogP contribution >= 0.6 is 0 Å². The van der Waals surface area contributed by atoms with Gasteiger partial charge in [-0.1, -0.05) is 69.7 Å². The number of unbranched alkanes of at least 4 members (excludes halogenated alkanes) is 2. The molecule has 4 heterocycles. The second kappa shape index (κ2) is 32.1. The van der Waals surface area contributed by atoms with Gasteiger partial charge in [0.2, 0.25) is 11.6 Å². The summed E-state index contributed by atoms with van der Waals surface area (Å²) in [5, 5.41) is 32.6. The van der Waals surface area contributed by atoms with E-state index in [4.69, 9.17) is 0 Å². The van der Waals surface area contributed by atoms with Gasteiger partial charge in [0.25, 0.3) is 47.7 Å². The van der Waals surface area contributed by atoms with Crippen LogP contribution in [0.25, 0.3) is 38.3 Å². The van der Waals surface area contributed by atoms with E-state index >= 15 is 0 Å². The predicted octanol–water partition coefficient (Wildman–Crippen LogP) is 10.9. The number of carboxylic acid groups (broad SMARTS) is 2. The number of nitrogens with one attached hydrogen (secondary N) is 5. The number of fused-ring (bicyclic) bond motifs is 7. The van der Waals surface area contributed by atoms with E-state index in [0.717, 1.165) is 80.8 Å². The molecule has 10 N–H and O–H groups in total. The van der Waals surface area contributed by atoms with Crippen LogP contribution in [0.1, 0.15) is 155 Å². The number of aromatic amines is 1. The zero-order valence-corrected chi connectivity index (χ0v) is 62.7. The Balaban J connectivity index is 0.800. The molecule has 8 aromatic rings. The SMILES string of the molecule is CCCC[N+]1=C(/C=C/C2=C(c3ccc(C(=O)NCCCC[C@H](NC(=O)CC[C@H](NC(=O)c4ccc(NCc5cnc6nc[nH]c(=O)c6n5)cc4)C(=O)O)C(=O)O)cc3)C(=C/C=C3/N(CCC(C)S(=O)(=O)O)c4ccc5cc(S(=O)(=O)O)ccc5c4C3(C)C)/CCC2)C(C)(C)c2c1ccc1cc(S(=O)(=O)O)ccc21. The van der Waals surface area contributed by atoms with Gasteiger partial charge >= 0.3 is 11.9 Å². The summed E-state index contributed by atoms with van der Waals surface area (Å²) in [7, 11) is -13.4. The number of H-pyrrole nitrogens is 1. The molecule has 0 saturated heterocycles. The van der Waals surface area contributed by atoms with E-state index < -0.39 is 100 Å². The van der Waals surface area contributed by atoms with Crippen molar-refractivity contribution >= 4 is 121 Å². The molecule has 2 aliphatic heterocycles. The lowest BCUT2D eigenvalue weighted by atomic mass is 9.78. The number of amides is 3. The molecule has 1 unspecified atom stereocenters. The number of benzene rings is 6. The van der Waals surface area contributed by atoms with Crippen LogP contribution in [0.3, 0.4) is 0 Å². The molecule has 0 fully saturated rings. The van der Waals surface area contributed by atoms with E-state index in [1.54, 1.807) is 42.5 Å². The van der Waals surface area contributed by atoms with Crippen LogP contribution < -0.4 is 31.7 Å². The van der Waals surface area contributed by atoms with Crippen LogP contribution in [-0.2, 0) is 62.1 Å². The molecule has 2 aromatic heterocycles. The Morgan fingerprint density at radius 2 is 1.33 bits per heavy atom. The molecule has 0 spiro atoms. The molecule has 3 amide bonds. The fraction of sp³-hybridized carbons (Fsp3) is 0.333. The highest BCUT2D eigenvalue weighted by Gasteiger charge is 2.46. The lowest BCUT2D eigenvalue weighted by Gasteiger charge is -2.28. The standard InChI is InChI=1S/C78H84N10O17S3/c1-7-8-39-87-62-32-21-52-41-56(107(100,101)102)27-29-58(52)68(62)77(3,4)64(87)34-23-47-12-11-13-48(24-35-65-78(5,6)69-59-30-28-57(108(103,104)105)42-53(59)22-33-63(69)88(65)40-37-46(2)106(97,98)99)67(47)49-15-17-50(18-16-49)72(90)79-38-10-9-14-60(75(93)94)85-66(89)36-31-61(76(95)96)86-73(91)51-19-25-54(26-20-51)80-43-55-44-81-71-70(84-55)74(92)83-45-82-71/h15-30,32-35,41-42,44-46,60-61H,7-14,31,36-40,43H2,1-6H3,(H9-,79,80,81,82,83,85,86,89,90,91,92,93,94,95,96,97,98,99,100,101,102,103,104,105)/p+1/t46?,60-,61-/m0/s1. The lowest BCUT2D eigenvalue weighted by molar-refractivity contribution is -0.438. The van der Waals surface area contributed by atoms with Gasteiger partial charge in [-0.15, -0.1) is 0 Å². The van der Waals surface area contributed by atoms with E-state index in [9.17, 15) is 77.9 Å². The summed E-state index contributed by atoms with van der Waals surface area (Å²) in [5.74, 6) is -4.61. The summed E-state index contributed by atoms with van der Waals surface area (Å²) in [6.07, 6.45) is 14.7. The summed E-state index contributed by atoms with van der Waals surface area (Å²) < 4.78 is 107. The number of anilines is 2. The predicted molar refractivity (Wildman–Crippen MR) is 409 cm³/mol. The lowest BCUT2D eigenvalue weighted by Crippen LogP contribution is -2.44. The van der Waals surface area contributed by atoms with Gasteiger partial charge in [-0.3, -0.25) is 32.8 Å². The fourth-order valence-corrected chi connectivity index (χ4v) is 15.9. The van der Waals surface area contributed by atoms with Crippen molar-refractivity contribution in [3.05, 3.63) is 207 Å². The third-order valence-electron chi connectivity index (χ3n) is 20.2. The normalized spacial score (nSPS) is 16.6. The molecular formula is C78H85N10O17S3+. The fourth-order valence-electron chi connectivity index (χ4n) is 14.5. The maximum atomic E-state index is 13.9. The number of allylic oxidation sites excluding steroid dienone is 8. The molecule has 27 nitrogen and oxygen atoms in total. The summed E-state index contributed by atoms with van der Waals surface area (Å²) in [6, 6.07) is 26.9. The van der Waals surface area contributed by atoms with E-state index in [1.807, 2.05) is 55.2 Å². The number of rotatable bonds is 30. The van der Waals surface area contributed by atoms with Gasteiger partial charge in [0.15, 0.2) is 16.9 Å². The van der Waals surface area contributed by atoms with E-state index in [2.05, 4.69) is 84.8 Å². The Labute approximate surface area is 624 Å². The van der Waals surface area contributed by atoms with E-state index in [-0.39, 0.29) is 71.8 Å². The zero-order valence-electron chi connectivity index (χ0n) is 60.3. The maximum Gasteiger partial charge on any atom is 0.326 e. The molecule has 6 aromatic carbocycles. The molecule has 30 heteroatoms. The van der Waals surface area contributed by atoms with Crippen molar-refractivity contribution in [2.75, 3.05) is 29.9 Å². The van der Waals surface area contributed by atoms with Crippen molar-refractivity contribution in [3.8, 4) is 0 Å². The zero-order chi connectivity index (χ0) is 77.8. The first-order valence-corrected chi connectivity index (χ1v) is 39.8. The minimum Gasteiger partial charge on any atom is -0.480 e. The van der Waals surface area contributed by atoms with Crippen LogP contribution in [-0.4, -0.2) is 146 Å². The molecule has 0 radical (unpaired) electrons. The molecule has 3 atom stereocenters. The van der Waals surface area contributed by atoms with Gasteiger partial charge in [-0.25, -0.2) is 24.5 Å². The third kappa shape index (κ3) is 17.3. The number of nitrogens with zero attached hydrogens (tertiary/aromatic N) is 5. The largest absolute Gasteiger partial charge is 0.480 e. The minimum atomic E-state index is -4.55. The maximum absolute atomic E-state index is 13.9. The molecule has 11 rings (SSSR count). The Hall–Kier alpha value is -10.6. The molecule has 108 heavy (non-hydrogen) atoms. The molecule has 1 aliphatic carbocycles. The van der Waals surface area contributed by atoms with Crippen molar-refractivity contribution in [1.82, 2.24) is 35.9 Å². The number of hydrogen-bond acceptors (Lipinski definition) is 17. The first-order chi connectivity index (χ1) is 51.1. The number of carbonyl (C=O) groups excluding carboxylic acids is 3. The Bertz CT molecular complexity index is 5520. The van der Waals surface area contributed by atoms with Gasteiger partial charge in [0, 0.05) is 77.3 Å². The Kier molecular flexibility index (Phi) is 23.3. The van der Waals surface area contributed by atoms with Crippen molar-refractivity contribution in [3.63, 3.8) is 0 Å². The van der Waals surface area contributed by atoms with Gasteiger partial charge < -0.3 is 41.4 Å². The highest BCUT2D eigenvalue weighted by molar-refractivity contribution is 7.86. The van der Waals surface area contributed by atoms with Crippen LogP contribution in [0.15, 0.2) is 177 Å². The third-order valence-corrected chi connectivity index (χ3v) is 23.2. The van der Waals surface area contributed by atoms with Crippen molar-refractivity contribution in [2.45, 2.75) is 157 Å².